The summed E-state index contributed by atoms with van der Waals surface area (Å²) in [6, 6.07) is 1.81. The van der Waals surface area contributed by atoms with Crippen LogP contribution in [0.25, 0.3) is 6.08 Å². The molecule has 0 aliphatic carbocycles. The second-order valence-electron chi connectivity index (χ2n) is 2.04. The van der Waals surface area contributed by atoms with Gasteiger partial charge in [0.05, 0.1) is 16.4 Å². The topological polar surface area (TPSA) is 24.9 Å². The Balaban J connectivity index is 3.16. The summed E-state index contributed by atoms with van der Waals surface area (Å²) in [4.78, 5) is 4.06. The molecule has 58 valence electrons. The molecule has 11 heavy (non-hydrogen) atoms. The third kappa shape index (κ3) is 1.71. The van der Waals surface area contributed by atoms with Gasteiger partial charge in [0.1, 0.15) is 0 Å². The average Bonchev–Trinajstić information content (AvgIpc) is 2.04. The molecule has 1 aromatic rings. The van der Waals surface area contributed by atoms with Gasteiger partial charge in [-0.2, -0.15) is 0 Å². The third-order valence-electron chi connectivity index (χ3n) is 1.35. The van der Waals surface area contributed by atoms with Crippen LogP contribution in [0.1, 0.15) is 5.69 Å². The lowest BCUT2D eigenvalue weighted by molar-refractivity contribution is 1.28. The fourth-order valence-corrected chi connectivity index (χ4v) is 0.971. The number of hydrogen-bond donors (Lipinski definition) is 1. The summed E-state index contributed by atoms with van der Waals surface area (Å²) in [5.41, 5.74) is 1.71. The van der Waals surface area contributed by atoms with Crippen molar-refractivity contribution in [2.24, 2.45) is 0 Å². The second kappa shape index (κ2) is 3.39. The molecular formula is C8H9ClN2. The molecule has 0 saturated carbocycles. The van der Waals surface area contributed by atoms with Gasteiger partial charge >= 0.3 is 0 Å². The van der Waals surface area contributed by atoms with Crippen molar-refractivity contribution in [2.45, 2.75) is 0 Å². The minimum atomic E-state index is 0.625. The van der Waals surface area contributed by atoms with E-state index in [1.54, 1.807) is 12.3 Å². The monoisotopic (exact) mass is 168 g/mol. The van der Waals surface area contributed by atoms with Gasteiger partial charge in [0.15, 0.2) is 0 Å². The van der Waals surface area contributed by atoms with Gasteiger partial charge in [-0.1, -0.05) is 18.2 Å². The van der Waals surface area contributed by atoms with Crippen LogP contribution >= 0.6 is 11.6 Å². The molecule has 1 aromatic heterocycles. The minimum Gasteiger partial charge on any atom is -0.386 e. The predicted molar refractivity (Wildman–Crippen MR) is 48.9 cm³/mol. The van der Waals surface area contributed by atoms with E-state index in [0.29, 0.717) is 5.02 Å². The summed E-state index contributed by atoms with van der Waals surface area (Å²) in [7, 11) is 1.82. The molecular weight excluding hydrogens is 160 g/mol. The summed E-state index contributed by atoms with van der Waals surface area (Å²) in [6.45, 7) is 3.62. The van der Waals surface area contributed by atoms with E-state index in [4.69, 9.17) is 11.6 Å². The van der Waals surface area contributed by atoms with Gasteiger partial charge in [0.2, 0.25) is 0 Å². The van der Waals surface area contributed by atoms with E-state index < -0.39 is 0 Å². The van der Waals surface area contributed by atoms with E-state index in [9.17, 15) is 0 Å². The van der Waals surface area contributed by atoms with Gasteiger partial charge in [0.25, 0.3) is 0 Å². The first-order valence-electron chi connectivity index (χ1n) is 3.23. The number of aromatic nitrogens is 1. The maximum Gasteiger partial charge on any atom is 0.0856 e. The summed E-state index contributed by atoms with van der Waals surface area (Å²) >= 11 is 5.72. The van der Waals surface area contributed by atoms with Crippen molar-refractivity contribution in [3.05, 3.63) is 29.6 Å². The van der Waals surface area contributed by atoms with Crippen LogP contribution in [0.15, 0.2) is 18.8 Å². The highest BCUT2D eigenvalue weighted by Crippen LogP contribution is 2.18. The SMILES string of the molecule is C=Cc1ncc(Cl)cc1NC. The van der Waals surface area contributed by atoms with Crippen molar-refractivity contribution in [2.75, 3.05) is 12.4 Å². The lowest BCUT2D eigenvalue weighted by atomic mass is 10.3. The summed E-state index contributed by atoms with van der Waals surface area (Å²) in [6.07, 6.45) is 3.28. The van der Waals surface area contributed by atoms with E-state index in [2.05, 4.69) is 16.9 Å². The maximum absolute atomic E-state index is 5.72. The van der Waals surface area contributed by atoms with E-state index in [-0.39, 0.29) is 0 Å². The fraction of sp³-hybridized carbons (Fsp3) is 0.125. The molecule has 3 heteroatoms. The number of nitrogens with zero attached hydrogens (tertiary/aromatic N) is 1. The highest BCUT2D eigenvalue weighted by molar-refractivity contribution is 6.30. The van der Waals surface area contributed by atoms with Gasteiger partial charge < -0.3 is 5.32 Å². The molecule has 0 fully saturated rings. The van der Waals surface area contributed by atoms with Crippen LogP contribution in [-0.4, -0.2) is 12.0 Å². The van der Waals surface area contributed by atoms with Crippen molar-refractivity contribution in [1.82, 2.24) is 4.98 Å². The molecule has 0 bridgehead atoms. The van der Waals surface area contributed by atoms with Crippen molar-refractivity contribution < 1.29 is 0 Å². The van der Waals surface area contributed by atoms with Crippen LogP contribution in [0.2, 0.25) is 5.02 Å². The first-order valence-corrected chi connectivity index (χ1v) is 3.61. The van der Waals surface area contributed by atoms with Gasteiger partial charge in [-0.3, -0.25) is 4.98 Å². The Labute approximate surface area is 70.9 Å². The Kier molecular flexibility index (Phi) is 2.49. The van der Waals surface area contributed by atoms with Crippen molar-refractivity contribution in [3.8, 4) is 0 Å². The van der Waals surface area contributed by atoms with Gasteiger partial charge in [-0.15, -0.1) is 0 Å². The molecule has 0 aliphatic heterocycles. The van der Waals surface area contributed by atoms with Crippen LogP contribution in [0.4, 0.5) is 5.69 Å². The minimum absolute atomic E-state index is 0.625. The first-order chi connectivity index (χ1) is 5.27. The number of halogens is 1. The lowest BCUT2D eigenvalue weighted by Crippen LogP contribution is -1.93. The van der Waals surface area contributed by atoms with Crippen LogP contribution in [0.3, 0.4) is 0 Å². The zero-order valence-corrected chi connectivity index (χ0v) is 7.02. The molecule has 1 rings (SSSR count). The van der Waals surface area contributed by atoms with E-state index >= 15 is 0 Å². The van der Waals surface area contributed by atoms with E-state index in [1.807, 2.05) is 13.1 Å². The van der Waals surface area contributed by atoms with Crippen LogP contribution in [-0.2, 0) is 0 Å². The molecule has 0 atom stereocenters. The van der Waals surface area contributed by atoms with Crippen molar-refractivity contribution in [3.63, 3.8) is 0 Å². The van der Waals surface area contributed by atoms with Gasteiger partial charge in [-0.25, -0.2) is 0 Å². The number of hydrogen-bond acceptors (Lipinski definition) is 2. The smallest absolute Gasteiger partial charge is 0.0856 e. The summed E-state index contributed by atoms with van der Waals surface area (Å²) in [5, 5.41) is 3.59. The molecule has 0 unspecified atom stereocenters. The van der Waals surface area contributed by atoms with Crippen LogP contribution < -0.4 is 5.32 Å². The first kappa shape index (κ1) is 8.08. The van der Waals surface area contributed by atoms with Crippen molar-refractivity contribution >= 4 is 23.4 Å². The Morgan fingerprint density at radius 3 is 3.00 bits per heavy atom. The van der Waals surface area contributed by atoms with Gasteiger partial charge in [-0.05, 0) is 12.1 Å². The average molecular weight is 169 g/mol. The fourth-order valence-electron chi connectivity index (χ4n) is 0.813. The molecule has 0 spiro atoms. The lowest BCUT2D eigenvalue weighted by Gasteiger charge is -2.03. The largest absolute Gasteiger partial charge is 0.386 e. The second-order valence-corrected chi connectivity index (χ2v) is 2.48. The molecule has 0 radical (unpaired) electrons. The van der Waals surface area contributed by atoms with Crippen molar-refractivity contribution in [1.29, 1.82) is 0 Å². The molecule has 0 saturated heterocycles. The zero-order valence-electron chi connectivity index (χ0n) is 6.26. The Morgan fingerprint density at radius 1 is 1.73 bits per heavy atom. The maximum atomic E-state index is 5.72. The number of nitrogens with one attached hydrogen (secondary N) is 1. The quantitative estimate of drug-likeness (QED) is 0.734. The van der Waals surface area contributed by atoms with Crippen LogP contribution in [0.5, 0.6) is 0 Å². The molecule has 1 heterocycles. The van der Waals surface area contributed by atoms with E-state index in [0.717, 1.165) is 11.4 Å². The Morgan fingerprint density at radius 2 is 2.45 bits per heavy atom. The Hall–Kier alpha value is -1.02. The van der Waals surface area contributed by atoms with Gasteiger partial charge in [0, 0.05) is 13.2 Å². The van der Waals surface area contributed by atoms with Crippen LogP contribution in [0, 0.1) is 0 Å². The molecule has 0 aromatic carbocycles. The molecule has 2 nitrogen and oxygen atoms in total. The third-order valence-corrected chi connectivity index (χ3v) is 1.55. The predicted octanol–water partition coefficient (Wildman–Crippen LogP) is 2.42. The molecule has 0 amide bonds. The molecule has 0 aliphatic rings. The Bertz CT molecular complexity index is 271. The number of pyridine rings is 1. The normalized spacial score (nSPS) is 9.27. The standard InChI is InChI=1S/C8H9ClN2/c1-3-7-8(10-2)4-6(9)5-11-7/h3-5,10H,1H2,2H3. The highest BCUT2D eigenvalue weighted by atomic mass is 35.5. The number of anilines is 1. The summed E-state index contributed by atoms with van der Waals surface area (Å²) < 4.78 is 0. The molecule has 1 N–H and O–H groups in total. The zero-order chi connectivity index (χ0) is 8.27. The van der Waals surface area contributed by atoms with E-state index in [1.165, 1.54) is 0 Å². The summed E-state index contributed by atoms with van der Waals surface area (Å²) in [5.74, 6) is 0. The highest BCUT2D eigenvalue weighted by Gasteiger charge is 1.97. The number of rotatable bonds is 2.